The Morgan fingerprint density at radius 2 is 1.94 bits per heavy atom. The van der Waals surface area contributed by atoms with E-state index in [9.17, 15) is 4.79 Å². The molecule has 3 aromatic rings. The lowest BCUT2D eigenvalue weighted by Crippen LogP contribution is -2.06. The van der Waals surface area contributed by atoms with Gasteiger partial charge in [-0.15, -0.1) is 0 Å². The lowest BCUT2D eigenvalue weighted by molar-refractivity contribution is 1.34. The van der Waals surface area contributed by atoms with Crippen LogP contribution >= 0.6 is 11.6 Å². The fourth-order valence-corrected chi connectivity index (χ4v) is 2.41. The second kappa shape index (κ2) is 3.60. The normalized spacial score (nSPS) is 11.2. The molecule has 0 saturated heterocycles. The zero-order chi connectivity index (χ0) is 12.0. The number of aryl methyl sites for hydroxylation is 1. The number of pyridine rings is 1. The minimum atomic E-state index is -0.137. The first-order chi connectivity index (χ1) is 8.16. The van der Waals surface area contributed by atoms with Crippen LogP contribution in [0.3, 0.4) is 0 Å². The van der Waals surface area contributed by atoms with Crippen LogP contribution in [0, 0.1) is 6.92 Å². The maximum Gasteiger partial charge on any atom is 0.257 e. The zero-order valence-electron chi connectivity index (χ0n) is 9.25. The summed E-state index contributed by atoms with van der Waals surface area (Å²) in [6, 6.07) is 11.5. The monoisotopic (exact) mass is 243 g/mol. The molecule has 0 unspecified atom stereocenters. The number of aromatic nitrogens is 1. The number of benzene rings is 2. The van der Waals surface area contributed by atoms with Crippen LogP contribution in [0.15, 0.2) is 41.2 Å². The molecule has 84 valence electrons. The van der Waals surface area contributed by atoms with Gasteiger partial charge in [0, 0.05) is 10.9 Å². The fourth-order valence-electron chi connectivity index (χ4n) is 2.15. The Morgan fingerprint density at radius 3 is 2.76 bits per heavy atom. The summed E-state index contributed by atoms with van der Waals surface area (Å²) in [6.07, 6.45) is 0. The molecule has 0 aliphatic rings. The molecule has 0 aliphatic carbocycles. The topological polar surface area (TPSA) is 32.9 Å². The van der Waals surface area contributed by atoms with Crippen LogP contribution in [0.5, 0.6) is 0 Å². The van der Waals surface area contributed by atoms with Crippen molar-refractivity contribution in [3.8, 4) is 0 Å². The molecule has 1 aromatic heterocycles. The second-order valence-electron chi connectivity index (χ2n) is 4.17. The summed E-state index contributed by atoms with van der Waals surface area (Å²) in [5, 5.41) is 2.99. The highest BCUT2D eigenvalue weighted by Crippen LogP contribution is 2.26. The van der Waals surface area contributed by atoms with Gasteiger partial charge in [0.1, 0.15) is 0 Å². The van der Waals surface area contributed by atoms with Gasteiger partial charge in [-0.3, -0.25) is 4.79 Å². The number of nitrogens with one attached hydrogen (secondary N) is 1. The molecule has 1 heterocycles. The maximum atomic E-state index is 12.0. The van der Waals surface area contributed by atoms with Crippen molar-refractivity contribution in [2.45, 2.75) is 6.92 Å². The van der Waals surface area contributed by atoms with Crippen LogP contribution < -0.4 is 5.56 Å². The van der Waals surface area contributed by atoms with Crippen molar-refractivity contribution in [3.05, 3.63) is 57.3 Å². The highest BCUT2D eigenvalue weighted by Gasteiger charge is 2.07. The third-order valence-corrected chi connectivity index (χ3v) is 3.27. The third-order valence-electron chi connectivity index (χ3n) is 2.95. The van der Waals surface area contributed by atoms with E-state index in [1.807, 2.05) is 31.2 Å². The molecule has 0 amide bonds. The van der Waals surface area contributed by atoms with Gasteiger partial charge in [-0.05, 0) is 30.5 Å². The van der Waals surface area contributed by atoms with E-state index in [2.05, 4.69) is 11.1 Å². The molecule has 0 fully saturated rings. The molecule has 3 heteroatoms. The lowest BCUT2D eigenvalue weighted by atomic mass is 10.0. The zero-order valence-corrected chi connectivity index (χ0v) is 10.0. The van der Waals surface area contributed by atoms with Crippen LogP contribution in [-0.4, -0.2) is 4.98 Å². The lowest BCUT2D eigenvalue weighted by Gasteiger charge is -2.05. The van der Waals surface area contributed by atoms with Crippen molar-refractivity contribution in [2.24, 2.45) is 0 Å². The van der Waals surface area contributed by atoms with Crippen LogP contribution in [0.4, 0.5) is 0 Å². The molecule has 2 nitrogen and oxygen atoms in total. The SMILES string of the molecule is Cc1ccc2[nH]c(=O)c3c(Cl)cccc3c2c1. The second-order valence-corrected chi connectivity index (χ2v) is 4.57. The largest absolute Gasteiger partial charge is 0.321 e. The minimum absolute atomic E-state index is 0.137. The molecular weight excluding hydrogens is 234 g/mol. The van der Waals surface area contributed by atoms with E-state index >= 15 is 0 Å². The predicted octanol–water partition coefficient (Wildman–Crippen LogP) is 3.64. The van der Waals surface area contributed by atoms with Gasteiger partial charge in [0.25, 0.3) is 5.56 Å². The first-order valence-corrected chi connectivity index (χ1v) is 5.75. The van der Waals surface area contributed by atoms with Gasteiger partial charge in [0.2, 0.25) is 0 Å². The van der Waals surface area contributed by atoms with Crippen LogP contribution in [0.1, 0.15) is 5.56 Å². The number of halogens is 1. The number of H-pyrrole nitrogens is 1. The van der Waals surface area contributed by atoms with Crippen molar-refractivity contribution in [2.75, 3.05) is 0 Å². The van der Waals surface area contributed by atoms with Crippen LogP contribution in [0.2, 0.25) is 5.02 Å². The smallest absolute Gasteiger partial charge is 0.257 e. The van der Waals surface area contributed by atoms with Gasteiger partial charge in [-0.2, -0.15) is 0 Å². The Bertz CT molecular complexity index is 789. The van der Waals surface area contributed by atoms with E-state index in [0.29, 0.717) is 10.4 Å². The van der Waals surface area contributed by atoms with Crippen molar-refractivity contribution < 1.29 is 0 Å². The molecule has 17 heavy (non-hydrogen) atoms. The first-order valence-electron chi connectivity index (χ1n) is 5.38. The average molecular weight is 244 g/mol. The minimum Gasteiger partial charge on any atom is -0.321 e. The van der Waals surface area contributed by atoms with Crippen LogP contribution in [-0.2, 0) is 0 Å². The van der Waals surface area contributed by atoms with E-state index < -0.39 is 0 Å². The van der Waals surface area contributed by atoms with Gasteiger partial charge in [-0.1, -0.05) is 35.4 Å². The summed E-state index contributed by atoms with van der Waals surface area (Å²) in [5.74, 6) is 0. The summed E-state index contributed by atoms with van der Waals surface area (Å²) in [6.45, 7) is 2.03. The van der Waals surface area contributed by atoms with Gasteiger partial charge in [0.05, 0.1) is 10.4 Å². The maximum absolute atomic E-state index is 12.0. The number of fused-ring (bicyclic) bond motifs is 3. The van der Waals surface area contributed by atoms with Crippen molar-refractivity contribution in [3.63, 3.8) is 0 Å². The third kappa shape index (κ3) is 1.53. The van der Waals surface area contributed by atoms with Gasteiger partial charge in [-0.25, -0.2) is 0 Å². The highest BCUT2D eigenvalue weighted by molar-refractivity contribution is 6.36. The molecule has 0 saturated carbocycles. The molecule has 0 spiro atoms. The number of aromatic amines is 1. The Kier molecular flexibility index (Phi) is 2.20. The van der Waals surface area contributed by atoms with Gasteiger partial charge in [0.15, 0.2) is 0 Å². The Labute approximate surface area is 103 Å². The molecule has 3 rings (SSSR count). The summed E-state index contributed by atoms with van der Waals surface area (Å²) < 4.78 is 0. The van der Waals surface area contributed by atoms with Crippen molar-refractivity contribution >= 4 is 33.3 Å². The Balaban J connectivity index is 2.67. The molecular formula is C14H10ClNO. The Hall–Kier alpha value is -1.80. The molecule has 1 N–H and O–H groups in total. The molecule has 2 aromatic carbocycles. The van der Waals surface area contributed by atoms with Gasteiger partial charge < -0.3 is 4.98 Å². The number of hydrogen-bond donors (Lipinski definition) is 1. The molecule has 0 atom stereocenters. The van der Waals surface area contributed by atoms with E-state index in [-0.39, 0.29) is 5.56 Å². The summed E-state index contributed by atoms with van der Waals surface area (Å²) in [4.78, 5) is 14.8. The molecule has 0 bridgehead atoms. The summed E-state index contributed by atoms with van der Waals surface area (Å²) in [7, 11) is 0. The van der Waals surface area contributed by atoms with Crippen LogP contribution in [0.25, 0.3) is 21.7 Å². The van der Waals surface area contributed by atoms with Gasteiger partial charge >= 0.3 is 0 Å². The van der Waals surface area contributed by atoms with E-state index in [1.165, 1.54) is 0 Å². The average Bonchev–Trinajstić information content (AvgIpc) is 2.30. The molecule has 0 aliphatic heterocycles. The highest BCUT2D eigenvalue weighted by atomic mass is 35.5. The van der Waals surface area contributed by atoms with E-state index in [0.717, 1.165) is 21.9 Å². The van der Waals surface area contributed by atoms with E-state index in [1.54, 1.807) is 6.07 Å². The standard InChI is InChI=1S/C14H10ClNO/c1-8-5-6-12-10(7-8)9-3-2-4-11(15)13(9)14(17)16-12/h2-7H,1H3,(H,16,17). The number of hydrogen-bond acceptors (Lipinski definition) is 1. The quantitative estimate of drug-likeness (QED) is 0.601. The molecule has 0 radical (unpaired) electrons. The summed E-state index contributed by atoms with van der Waals surface area (Å²) in [5.41, 5.74) is 1.86. The Morgan fingerprint density at radius 1 is 1.12 bits per heavy atom. The van der Waals surface area contributed by atoms with E-state index in [4.69, 9.17) is 11.6 Å². The first kappa shape index (κ1) is 10.4. The summed E-state index contributed by atoms with van der Waals surface area (Å²) >= 11 is 6.08. The number of rotatable bonds is 0. The van der Waals surface area contributed by atoms with Crippen molar-refractivity contribution in [1.29, 1.82) is 0 Å². The fraction of sp³-hybridized carbons (Fsp3) is 0.0714. The predicted molar refractivity (Wildman–Crippen MR) is 71.8 cm³/mol. The van der Waals surface area contributed by atoms with Crippen molar-refractivity contribution in [1.82, 2.24) is 4.98 Å².